The summed E-state index contributed by atoms with van der Waals surface area (Å²) in [6, 6.07) is 10.5. The number of aromatic nitrogens is 3. The topological polar surface area (TPSA) is 94.5 Å². The van der Waals surface area contributed by atoms with E-state index >= 15 is 0 Å². The van der Waals surface area contributed by atoms with Crippen LogP contribution in [0.5, 0.6) is 11.6 Å². The Morgan fingerprint density at radius 2 is 1.95 bits per heavy atom. The van der Waals surface area contributed by atoms with Gasteiger partial charge in [0.05, 0.1) is 15.7 Å². The Morgan fingerprint density at radius 3 is 2.68 bits per heavy atom. The van der Waals surface area contributed by atoms with E-state index in [9.17, 15) is 9.59 Å². The Kier molecular flexibility index (Phi) is 9.04. The van der Waals surface area contributed by atoms with Crippen molar-refractivity contribution in [3.05, 3.63) is 51.5 Å². The summed E-state index contributed by atoms with van der Waals surface area (Å²) in [4.78, 5) is 31.2. The number of halogens is 2. The molecule has 1 atom stereocenters. The third-order valence-electron chi connectivity index (χ3n) is 5.63. The first-order valence-corrected chi connectivity index (χ1v) is 14.1. The molecule has 0 aliphatic carbocycles. The maximum absolute atomic E-state index is 13.1. The van der Waals surface area contributed by atoms with E-state index in [1.54, 1.807) is 18.2 Å². The molecule has 0 unspecified atom stereocenters. The van der Waals surface area contributed by atoms with Crippen molar-refractivity contribution in [3.63, 3.8) is 0 Å². The van der Waals surface area contributed by atoms with Crippen LogP contribution in [-0.2, 0) is 9.59 Å². The summed E-state index contributed by atoms with van der Waals surface area (Å²) in [5, 5.41) is 9.62. The number of para-hydroxylation sites is 1. The van der Waals surface area contributed by atoms with E-state index in [2.05, 4.69) is 38.0 Å². The first-order valence-electron chi connectivity index (χ1n) is 11.9. The maximum Gasteiger partial charge on any atom is 0.308 e. The van der Waals surface area contributed by atoms with Crippen molar-refractivity contribution in [2.24, 2.45) is 0 Å². The third kappa shape index (κ3) is 6.25. The monoisotopic (exact) mass is 604 g/mol. The zero-order chi connectivity index (χ0) is 26.5. The van der Waals surface area contributed by atoms with Crippen molar-refractivity contribution in [1.29, 1.82) is 0 Å². The molecule has 0 saturated carbocycles. The summed E-state index contributed by atoms with van der Waals surface area (Å²) in [7, 11) is 0. The second-order valence-corrected chi connectivity index (χ2v) is 10.8. The van der Waals surface area contributed by atoms with E-state index in [0.29, 0.717) is 37.2 Å². The zero-order valence-corrected chi connectivity index (χ0v) is 23.8. The second-order valence-electron chi connectivity index (χ2n) is 8.43. The molecule has 2 heterocycles. The van der Waals surface area contributed by atoms with Gasteiger partial charge < -0.3 is 9.47 Å². The second kappa shape index (κ2) is 12.2. The lowest BCUT2D eigenvalue weighted by Gasteiger charge is -2.31. The predicted molar refractivity (Wildman–Crippen MR) is 147 cm³/mol. The van der Waals surface area contributed by atoms with Crippen molar-refractivity contribution in [3.8, 4) is 22.9 Å². The van der Waals surface area contributed by atoms with Gasteiger partial charge in [0.25, 0.3) is 0 Å². The zero-order valence-electron chi connectivity index (χ0n) is 20.7. The largest absolute Gasteiger partial charge is 0.447 e. The van der Waals surface area contributed by atoms with Gasteiger partial charge in [-0.15, -0.1) is 10.2 Å². The molecule has 3 aromatic rings. The summed E-state index contributed by atoms with van der Waals surface area (Å²) < 4.78 is 12.4. The summed E-state index contributed by atoms with van der Waals surface area (Å²) in [6.07, 6.45) is 3.49. The van der Waals surface area contributed by atoms with Crippen molar-refractivity contribution >= 4 is 56.9 Å². The van der Waals surface area contributed by atoms with Gasteiger partial charge in [-0.05, 0) is 40.5 Å². The Balaban J connectivity index is 1.84. The fourth-order valence-electron chi connectivity index (χ4n) is 4.02. The van der Waals surface area contributed by atoms with Gasteiger partial charge in [0.15, 0.2) is 11.4 Å². The number of hydrogen-bond donors (Lipinski definition) is 0. The van der Waals surface area contributed by atoms with Gasteiger partial charge in [-0.1, -0.05) is 67.7 Å². The highest BCUT2D eigenvalue weighted by molar-refractivity contribution is 9.10. The number of carbonyl (C=O) groups excluding carboxylic acids is 2. The van der Waals surface area contributed by atoms with Gasteiger partial charge in [-0.2, -0.15) is 4.98 Å². The lowest BCUT2D eigenvalue weighted by molar-refractivity contribution is -0.132. The van der Waals surface area contributed by atoms with Crippen LogP contribution in [0.2, 0.25) is 5.02 Å². The molecule has 37 heavy (non-hydrogen) atoms. The highest BCUT2D eigenvalue weighted by Crippen LogP contribution is 2.46. The van der Waals surface area contributed by atoms with Crippen LogP contribution in [-0.4, -0.2) is 32.8 Å². The molecule has 1 aliphatic heterocycles. The number of esters is 1. The summed E-state index contributed by atoms with van der Waals surface area (Å²) in [5.74, 6) is 0.448. The number of benzene rings is 2. The summed E-state index contributed by atoms with van der Waals surface area (Å²) in [6.45, 7) is 4.91. The standard InChI is InChI=1S/C26H26BrClN4O4S/c1-4-5-6-9-12-37-26-29-24-22(30-31-26)18-10-7-8-11-21(18)32(15(2)33)25(36-24)19-13-17(28)14-20(27)23(19)35-16(3)34/h7-8,10-11,13-14,25H,4-6,9,12H2,1-3H3/t25-/m1/s1. The van der Waals surface area contributed by atoms with Crippen LogP contribution in [0.15, 0.2) is 46.0 Å². The number of hydrogen-bond acceptors (Lipinski definition) is 8. The quantitative estimate of drug-likeness (QED) is 0.117. The Morgan fingerprint density at radius 1 is 1.16 bits per heavy atom. The molecular formula is C26H26BrClN4O4S. The van der Waals surface area contributed by atoms with Gasteiger partial charge in [0.1, 0.15) is 0 Å². The number of anilines is 1. The number of rotatable bonds is 8. The van der Waals surface area contributed by atoms with Gasteiger partial charge in [0.2, 0.25) is 23.2 Å². The first kappa shape index (κ1) is 27.3. The number of amides is 1. The molecule has 0 radical (unpaired) electrons. The average molecular weight is 606 g/mol. The predicted octanol–water partition coefficient (Wildman–Crippen LogP) is 7.00. The van der Waals surface area contributed by atoms with E-state index in [1.165, 1.54) is 36.9 Å². The minimum absolute atomic E-state index is 0.196. The summed E-state index contributed by atoms with van der Waals surface area (Å²) in [5.41, 5.74) is 1.99. The molecule has 0 spiro atoms. The Labute approximate surface area is 233 Å². The van der Waals surface area contributed by atoms with Crippen molar-refractivity contribution in [1.82, 2.24) is 15.2 Å². The van der Waals surface area contributed by atoms with Crippen molar-refractivity contribution in [2.75, 3.05) is 10.7 Å². The normalized spacial score (nSPS) is 14.3. The number of carbonyl (C=O) groups is 2. The number of ether oxygens (including phenoxy) is 2. The third-order valence-corrected chi connectivity index (χ3v) is 7.36. The molecule has 0 fully saturated rings. The van der Waals surface area contributed by atoms with Gasteiger partial charge in [0, 0.05) is 30.2 Å². The number of thioether (sulfide) groups is 1. The van der Waals surface area contributed by atoms with Gasteiger partial charge in [-0.3, -0.25) is 14.5 Å². The Bertz CT molecular complexity index is 1330. The maximum atomic E-state index is 13.1. The lowest BCUT2D eigenvalue weighted by Crippen LogP contribution is -2.36. The van der Waals surface area contributed by atoms with Crippen LogP contribution in [0.4, 0.5) is 5.69 Å². The minimum atomic E-state index is -1.05. The van der Waals surface area contributed by atoms with Crippen molar-refractivity contribution < 1.29 is 19.1 Å². The summed E-state index contributed by atoms with van der Waals surface area (Å²) >= 11 is 11.3. The van der Waals surface area contributed by atoms with Crippen molar-refractivity contribution in [2.45, 2.75) is 57.8 Å². The molecule has 0 bridgehead atoms. The molecule has 194 valence electrons. The fourth-order valence-corrected chi connectivity index (χ4v) is 5.72. The van der Waals surface area contributed by atoms with Gasteiger partial charge in [-0.25, -0.2) is 0 Å². The highest BCUT2D eigenvalue weighted by Gasteiger charge is 2.37. The molecule has 0 saturated heterocycles. The van der Waals surface area contributed by atoms with E-state index in [0.717, 1.165) is 25.0 Å². The van der Waals surface area contributed by atoms with Crippen LogP contribution in [0.3, 0.4) is 0 Å². The van der Waals surface area contributed by atoms with Crippen LogP contribution >= 0.6 is 39.3 Å². The number of unbranched alkanes of at least 4 members (excludes halogenated alkanes) is 3. The fraction of sp³-hybridized carbons (Fsp3) is 0.346. The van der Waals surface area contributed by atoms with Crippen LogP contribution in [0, 0.1) is 0 Å². The lowest BCUT2D eigenvalue weighted by atomic mass is 10.1. The van der Waals surface area contributed by atoms with Crippen LogP contribution in [0.1, 0.15) is 58.2 Å². The van der Waals surface area contributed by atoms with Crippen LogP contribution < -0.4 is 14.4 Å². The average Bonchev–Trinajstić information content (AvgIpc) is 2.99. The van der Waals surface area contributed by atoms with Gasteiger partial charge >= 0.3 is 5.97 Å². The first-order chi connectivity index (χ1) is 17.8. The molecule has 2 aromatic carbocycles. The number of nitrogens with zero attached hydrogens (tertiary/aromatic N) is 4. The van der Waals surface area contributed by atoms with E-state index in [-0.39, 0.29) is 17.5 Å². The molecule has 11 heteroatoms. The van der Waals surface area contributed by atoms with Crippen LogP contribution in [0.25, 0.3) is 11.3 Å². The van der Waals surface area contributed by atoms with E-state index in [4.69, 9.17) is 21.1 Å². The minimum Gasteiger partial charge on any atom is -0.447 e. The SMILES string of the molecule is CCCCCCSc1nnc2c(n1)O[C@H](c1cc(Cl)cc(Br)c1OC(C)=O)N(C(C)=O)c1ccccc1-2. The molecule has 1 amide bonds. The molecular weight excluding hydrogens is 580 g/mol. The van der Waals surface area contributed by atoms with E-state index < -0.39 is 12.2 Å². The number of fused-ring (bicyclic) bond motifs is 3. The molecule has 1 aromatic heterocycles. The Hall–Kier alpha value is -2.69. The van der Waals surface area contributed by atoms with E-state index in [1.807, 2.05) is 18.2 Å². The smallest absolute Gasteiger partial charge is 0.308 e. The molecule has 0 N–H and O–H groups in total. The molecule has 1 aliphatic rings. The molecule has 4 rings (SSSR count). The highest BCUT2D eigenvalue weighted by atomic mass is 79.9. The molecule has 8 nitrogen and oxygen atoms in total.